The molecule has 0 N–H and O–H groups in total. The summed E-state index contributed by atoms with van der Waals surface area (Å²) in [6.45, 7) is 2.83. The molecule has 21 heavy (non-hydrogen) atoms. The molecule has 1 aliphatic heterocycles. The minimum Gasteiger partial charge on any atom is -0.464 e. The van der Waals surface area contributed by atoms with E-state index in [0.29, 0.717) is 24.4 Å². The molecule has 0 bridgehead atoms. The summed E-state index contributed by atoms with van der Waals surface area (Å²) >= 11 is 0. The Hall–Kier alpha value is -2.24. The van der Waals surface area contributed by atoms with Crippen LogP contribution in [-0.2, 0) is 9.53 Å². The van der Waals surface area contributed by atoms with Gasteiger partial charge in [0.2, 0.25) is 0 Å². The number of hydrogen-bond acceptors (Lipinski definition) is 5. The molecule has 2 aromatic rings. The SMILES string of the molecule is CCOC(=O)[C@@H]1CCCN1c1ncnc2c(F)cccc12. The van der Waals surface area contributed by atoms with Crippen LogP contribution < -0.4 is 4.90 Å². The van der Waals surface area contributed by atoms with E-state index in [0.717, 1.165) is 12.8 Å². The lowest BCUT2D eigenvalue weighted by Gasteiger charge is -2.25. The lowest BCUT2D eigenvalue weighted by atomic mass is 10.2. The Morgan fingerprint density at radius 3 is 3.14 bits per heavy atom. The average molecular weight is 289 g/mol. The summed E-state index contributed by atoms with van der Waals surface area (Å²) in [4.78, 5) is 22.2. The zero-order chi connectivity index (χ0) is 14.8. The van der Waals surface area contributed by atoms with Crippen LogP contribution in [0.25, 0.3) is 10.9 Å². The van der Waals surface area contributed by atoms with Gasteiger partial charge in [-0.1, -0.05) is 6.07 Å². The van der Waals surface area contributed by atoms with E-state index in [4.69, 9.17) is 4.74 Å². The summed E-state index contributed by atoms with van der Waals surface area (Å²) in [5.41, 5.74) is 0.275. The van der Waals surface area contributed by atoms with Crippen molar-refractivity contribution in [3.05, 3.63) is 30.3 Å². The maximum atomic E-state index is 13.8. The zero-order valence-corrected chi connectivity index (χ0v) is 11.8. The lowest BCUT2D eigenvalue weighted by molar-refractivity contribution is -0.144. The first-order valence-electron chi connectivity index (χ1n) is 7.05. The molecular weight excluding hydrogens is 273 g/mol. The van der Waals surface area contributed by atoms with E-state index in [1.54, 1.807) is 19.1 Å². The van der Waals surface area contributed by atoms with E-state index in [1.165, 1.54) is 12.4 Å². The quantitative estimate of drug-likeness (QED) is 0.812. The minimum atomic E-state index is -0.386. The largest absolute Gasteiger partial charge is 0.464 e. The van der Waals surface area contributed by atoms with Crippen LogP contribution in [0.3, 0.4) is 0 Å². The summed E-state index contributed by atoms with van der Waals surface area (Å²) in [6, 6.07) is 4.41. The van der Waals surface area contributed by atoms with Gasteiger partial charge in [-0.2, -0.15) is 0 Å². The Morgan fingerprint density at radius 1 is 1.48 bits per heavy atom. The molecule has 0 radical (unpaired) electrons. The van der Waals surface area contributed by atoms with Gasteiger partial charge < -0.3 is 9.64 Å². The Labute approximate surface area is 121 Å². The van der Waals surface area contributed by atoms with E-state index < -0.39 is 0 Å². The van der Waals surface area contributed by atoms with Crippen molar-refractivity contribution in [3.63, 3.8) is 0 Å². The maximum Gasteiger partial charge on any atom is 0.328 e. The standard InChI is InChI=1S/C15H16FN3O2/c1-2-21-15(20)12-7-4-8-19(12)14-10-5-3-6-11(16)13(10)17-9-18-14/h3,5-6,9,12H,2,4,7-8H2,1H3/t12-/m0/s1. The summed E-state index contributed by atoms with van der Waals surface area (Å²) in [5.74, 6) is -0.0451. The Morgan fingerprint density at radius 2 is 2.33 bits per heavy atom. The molecule has 3 rings (SSSR count). The van der Waals surface area contributed by atoms with Crippen LogP contribution in [0, 0.1) is 5.82 Å². The number of nitrogens with zero attached hydrogens (tertiary/aromatic N) is 3. The smallest absolute Gasteiger partial charge is 0.328 e. The zero-order valence-electron chi connectivity index (χ0n) is 11.8. The van der Waals surface area contributed by atoms with Crippen molar-refractivity contribution in [1.82, 2.24) is 9.97 Å². The van der Waals surface area contributed by atoms with E-state index in [9.17, 15) is 9.18 Å². The van der Waals surface area contributed by atoms with Gasteiger partial charge in [-0.05, 0) is 31.9 Å². The van der Waals surface area contributed by atoms with Crippen molar-refractivity contribution in [1.29, 1.82) is 0 Å². The highest BCUT2D eigenvalue weighted by molar-refractivity contribution is 5.92. The van der Waals surface area contributed by atoms with Gasteiger partial charge in [-0.3, -0.25) is 0 Å². The number of carbonyl (C=O) groups is 1. The van der Waals surface area contributed by atoms with Gasteiger partial charge in [-0.25, -0.2) is 19.2 Å². The third-order valence-corrected chi connectivity index (χ3v) is 3.68. The second-order valence-electron chi connectivity index (χ2n) is 4.94. The van der Waals surface area contributed by atoms with E-state index in [2.05, 4.69) is 9.97 Å². The molecule has 110 valence electrons. The summed E-state index contributed by atoms with van der Waals surface area (Å²) < 4.78 is 18.9. The molecule has 1 aromatic carbocycles. The lowest BCUT2D eigenvalue weighted by Crippen LogP contribution is -2.38. The number of benzene rings is 1. The first kappa shape index (κ1) is 13.7. The fraction of sp³-hybridized carbons (Fsp3) is 0.400. The Bertz CT molecular complexity index is 677. The number of esters is 1. The molecule has 0 aliphatic carbocycles. The molecule has 1 aliphatic rings. The normalized spacial score (nSPS) is 18.2. The van der Waals surface area contributed by atoms with E-state index in [-0.39, 0.29) is 23.3 Å². The van der Waals surface area contributed by atoms with Crippen LogP contribution in [-0.4, -0.2) is 35.1 Å². The predicted octanol–water partition coefficient (Wildman–Crippen LogP) is 2.30. The summed E-state index contributed by atoms with van der Waals surface area (Å²) in [7, 11) is 0. The van der Waals surface area contributed by atoms with Crippen LogP contribution in [0.15, 0.2) is 24.5 Å². The monoisotopic (exact) mass is 289 g/mol. The summed E-state index contributed by atoms with van der Waals surface area (Å²) in [6.07, 6.45) is 2.94. The fourth-order valence-corrected chi connectivity index (χ4v) is 2.77. The van der Waals surface area contributed by atoms with Crippen molar-refractivity contribution in [2.75, 3.05) is 18.1 Å². The molecule has 6 heteroatoms. The highest BCUT2D eigenvalue weighted by atomic mass is 19.1. The van der Waals surface area contributed by atoms with Crippen LogP contribution in [0.5, 0.6) is 0 Å². The number of para-hydroxylation sites is 1. The summed E-state index contributed by atoms with van der Waals surface area (Å²) in [5, 5.41) is 0.619. The highest BCUT2D eigenvalue weighted by Crippen LogP contribution is 2.30. The molecule has 1 saturated heterocycles. The van der Waals surface area contributed by atoms with Crippen molar-refractivity contribution < 1.29 is 13.9 Å². The topological polar surface area (TPSA) is 55.3 Å². The van der Waals surface area contributed by atoms with Crippen LogP contribution in [0.1, 0.15) is 19.8 Å². The first-order chi connectivity index (χ1) is 10.2. The van der Waals surface area contributed by atoms with Crippen molar-refractivity contribution in [2.45, 2.75) is 25.8 Å². The molecule has 0 saturated carbocycles. The molecule has 1 aromatic heterocycles. The number of rotatable bonds is 3. The molecular formula is C15H16FN3O2. The second kappa shape index (κ2) is 5.63. The van der Waals surface area contributed by atoms with Gasteiger partial charge >= 0.3 is 5.97 Å². The number of fused-ring (bicyclic) bond motifs is 1. The van der Waals surface area contributed by atoms with Gasteiger partial charge in [0.15, 0.2) is 0 Å². The molecule has 0 unspecified atom stereocenters. The fourth-order valence-electron chi connectivity index (χ4n) is 2.77. The molecule has 1 atom stereocenters. The molecule has 0 amide bonds. The maximum absolute atomic E-state index is 13.8. The number of anilines is 1. The molecule has 5 nitrogen and oxygen atoms in total. The van der Waals surface area contributed by atoms with Gasteiger partial charge in [-0.15, -0.1) is 0 Å². The number of ether oxygens (including phenoxy) is 1. The van der Waals surface area contributed by atoms with Crippen LogP contribution >= 0.6 is 0 Å². The number of halogens is 1. The molecule has 2 heterocycles. The van der Waals surface area contributed by atoms with Gasteiger partial charge in [0.1, 0.15) is 29.5 Å². The van der Waals surface area contributed by atoms with Crippen molar-refractivity contribution >= 4 is 22.7 Å². The average Bonchev–Trinajstić information content (AvgIpc) is 2.97. The van der Waals surface area contributed by atoms with Gasteiger partial charge in [0.25, 0.3) is 0 Å². The van der Waals surface area contributed by atoms with Gasteiger partial charge in [0.05, 0.1) is 6.61 Å². The van der Waals surface area contributed by atoms with Crippen molar-refractivity contribution in [2.24, 2.45) is 0 Å². The second-order valence-corrected chi connectivity index (χ2v) is 4.94. The van der Waals surface area contributed by atoms with E-state index >= 15 is 0 Å². The van der Waals surface area contributed by atoms with E-state index in [1.807, 2.05) is 4.90 Å². The van der Waals surface area contributed by atoms with Crippen LogP contribution in [0.4, 0.5) is 10.2 Å². The third kappa shape index (κ3) is 2.41. The van der Waals surface area contributed by atoms with Crippen LogP contribution in [0.2, 0.25) is 0 Å². The van der Waals surface area contributed by atoms with Crippen molar-refractivity contribution in [3.8, 4) is 0 Å². The Balaban J connectivity index is 2.03. The molecule has 1 fully saturated rings. The minimum absolute atomic E-state index is 0.252. The number of carbonyl (C=O) groups excluding carboxylic acids is 1. The predicted molar refractivity (Wildman–Crippen MR) is 76.5 cm³/mol. The third-order valence-electron chi connectivity index (χ3n) is 3.68. The Kier molecular flexibility index (Phi) is 3.68. The molecule has 0 spiro atoms. The first-order valence-corrected chi connectivity index (χ1v) is 7.05. The number of hydrogen-bond donors (Lipinski definition) is 0. The number of aromatic nitrogens is 2. The van der Waals surface area contributed by atoms with Gasteiger partial charge in [0, 0.05) is 11.9 Å². The highest BCUT2D eigenvalue weighted by Gasteiger charge is 2.33.